The van der Waals surface area contributed by atoms with Crippen molar-refractivity contribution < 1.29 is 9.26 Å². The van der Waals surface area contributed by atoms with Crippen LogP contribution >= 0.6 is 0 Å². The number of ether oxygens (including phenoxy) is 1. The van der Waals surface area contributed by atoms with Gasteiger partial charge in [-0.15, -0.1) is 0 Å². The quantitative estimate of drug-likeness (QED) is 0.790. The minimum atomic E-state index is -0.307. The Bertz CT molecular complexity index is 296. The molecule has 5 heteroatoms. The van der Waals surface area contributed by atoms with Crippen molar-refractivity contribution in [3.8, 4) is 0 Å². The number of methoxy groups -OCH3 is 1. The Morgan fingerprint density at radius 3 is 2.64 bits per heavy atom. The van der Waals surface area contributed by atoms with Gasteiger partial charge in [0, 0.05) is 7.11 Å². The topological polar surface area (TPSA) is 60.2 Å². The first-order valence-corrected chi connectivity index (χ1v) is 4.57. The SMILES string of the molecule is CNC(C)(C)c1nc(C(C)OC)no1. The molecule has 1 aromatic rings. The van der Waals surface area contributed by atoms with E-state index >= 15 is 0 Å². The van der Waals surface area contributed by atoms with E-state index in [0.717, 1.165) is 0 Å². The number of nitrogens with one attached hydrogen (secondary N) is 1. The van der Waals surface area contributed by atoms with E-state index in [1.54, 1.807) is 7.11 Å². The molecule has 1 heterocycles. The lowest BCUT2D eigenvalue weighted by atomic mass is 10.1. The number of rotatable bonds is 4. The molecule has 5 nitrogen and oxygen atoms in total. The van der Waals surface area contributed by atoms with Gasteiger partial charge in [0.1, 0.15) is 6.10 Å². The number of aromatic nitrogens is 2. The second-order valence-corrected chi connectivity index (χ2v) is 3.71. The average molecular weight is 199 g/mol. The maximum atomic E-state index is 5.14. The standard InChI is InChI=1S/C9H17N3O2/c1-6(13-5)7-11-8(14-12-7)9(2,3)10-4/h6,10H,1-5H3. The van der Waals surface area contributed by atoms with Crippen LogP contribution in [-0.4, -0.2) is 24.3 Å². The van der Waals surface area contributed by atoms with Gasteiger partial charge in [-0.25, -0.2) is 0 Å². The Hall–Kier alpha value is -0.940. The van der Waals surface area contributed by atoms with Gasteiger partial charge in [-0.2, -0.15) is 4.98 Å². The fourth-order valence-electron chi connectivity index (χ4n) is 0.866. The van der Waals surface area contributed by atoms with Gasteiger partial charge in [-0.05, 0) is 27.8 Å². The molecule has 0 aliphatic carbocycles. The molecule has 0 fully saturated rings. The summed E-state index contributed by atoms with van der Waals surface area (Å²) in [6.45, 7) is 5.82. The highest BCUT2D eigenvalue weighted by molar-refractivity contribution is 4.99. The van der Waals surface area contributed by atoms with Crippen LogP contribution < -0.4 is 5.32 Å². The van der Waals surface area contributed by atoms with Crippen molar-refractivity contribution >= 4 is 0 Å². The molecule has 0 spiro atoms. The zero-order chi connectivity index (χ0) is 10.8. The highest BCUT2D eigenvalue weighted by atomic mass is 16.5. The van der Waals surface area contributed by atoms with Crippen molar-refractivity contribution in [3.05, 3.63) is 11.7 Å². The van der Waals surface area contributed by atoms with Gasteiger partial charge in [-0.1, -0.05) is 5.16 Å². The molecule has 1 atom stereocenters. The van der Waals surface area contributed by atoms with Gasteiger partial charge >= 0.3 is 0 Å². The summed E-state index contributed by atoms with van der Waals surface area (Å²) >= 11 is 0. The van der Waals surface area contributed by atoms with E-state index in [1.807, 2.05) is 27.8 Å². The molecule has 0 aliphatic heterocycles. The molecule has 0 amide bonds. The molecule has 1 unspecified atom stereocenters. The van der Waals surface area contributed by atoms with Crippen LogP contribution in [0.5, 0.6) is 0 Å². The van der Waals surface area contributed by atoms with Crippen LogP contribution in [0.4, 0.5) is 0 Å². The normalized spacial score (nSPS) is 14.4. The lowest BCUT2D eigenvalue weighted by molar-refractivity contribution is 0.109. The lowest BCUT2D eigenvalue weighted by Crippen LogP contribution is -2.33. The van der Waals surface area contributed by atoms with Gasteiger partial charge < -0.3 is 14.6 Å². The zero-order valence-corrected chi connectivity index (χ0v) is 9.29. The van der Waals surface area contributed by atoms with Crippen molar-refractivity contribution in [2.75, 3.05) is 14.2 Å². The third-order valence-electron chi connectivity index (χ3n) is 2.32. The van der Waals surface area contributed by atoms with Crippen LogP contribution in [0.25, 0.3) is 0 Å². The summed E-state index contributed by atoms with van der Waals surface area (Å²) < 4.78 is 10.2. The van der Waals surface area contributed by atoms with Crippen LogP contribution in [0.15, 0.2) is 4.52 Å². The molecule has 80 valence electrons. The third kappa shape index (κ3) is 2.10. The fraction of sp³-hybridized carbons (Fsp3) is 0.778. The van der Waals surface area contributed by atoms with Gasteiger partial charge in [0.2, 0.25) is 5.89 Å². The summed E-state index contributed by atoms with van der Waals surface area (Å²) in [5.41, 5.74) is -0.307. The van der Waals surface area contributed by atoms with E-state index < -0.39 is 0 Å². The Balaban J connectivity index is 2.88. The highest BCUT2D eigenvalue weighted by Gasteiger charge is 2.26. The Morgan fingerprint density at radius 2 is 2.14 bits per heavy atom. The number of hydrogen-bond acceptors (Lipinski definition) is 5. The minimum absolute atomic E-state index is 0.139. The van der Waals surface area contributed by atoms with Crippen molar-refractivity contribution in [3.63, 3.8) is 0 Å². The summed E-state index contributed by atoms with van der Waals surface area (Å²) in [5, 5.41) is 6.94. The largest absolute Gasteiger partial charge is 0.374 e. The molecular weight excluding hydrogens is 182 g/mol. The van der Waals surface area contributed by atoms with Gasteiger partial charge in [0.05, 0.1) is 5.54 Å². The summed E-state index contributed by atoms with van der Waals surface area (Å²) in [5.74, 6) is 1.14. The highest BCUT2D eigenvalue weighted by Crippen LogP contribution is 2.19. The first-order valence-electron chi connectivity index (χ1n) is 4.57. The van der Waals surface area contributed by atoms with E-state index in [1.165, 1.54) is 0 Å². The average Bonchev–Trinajstić information content (AvgIpc) is 2.66. The van der Waals surface area contributed by atoms with E-state index in [4.69, 9.17) is 9.26 Å². The lowest BCUT2D eigenvalue weighted by Gasteiger charge is -2.17. The van der Waals surface area contributed by atoms with Crippen LogP contribution in [0.2, 0.25) is 0 Å². The Kier molecular flexibility index (Phi) is 3.23. The molecule has 0 saturated heterocycles. The molecule has 0 aromatic carbocycles. The van der Waals surface area contributed by atoms with Gasteiger partial charge in [0.25, 0.3) is 0 Å². The smallest absolute Gasteiger partial charge is 0.246 e. The van der Waals surface area contributed by atoms with Crippen LogP contribution in [0.3, 0.4) is 0 Å². The van der Waals surface area contributed by atoms with E-state index in [-0.39, 0.29) is 11.6 Å². The van der Waals surface area contributed by atoms with Crippen LogP contribution in [-0.2, 0) is 10.3 Å². The predicted molar refractivity (Wildman–Crippen MR) is 51.8 cm³/mol. The van der Waals surface area contributed by atoms with E-state index in [0.29, 0.717) is 11.7 Å². The molecule has 1 aromatic heterocycles. The molecule has 1 rings (SSSR count). The fourth-order valence-corrected chi connectivity index (χ4v) is 0.866. The van der Waals surface area contributed by atoms with Crippen molar-refractivity contribution in [1.82, 2.24) is 15.5 Å². The van der Waals surface area contributed by atoms with E-state index in [2.05, 4.69) is 15.5 Å². The summed E-state index contributed by atoms with van der Waals surface area (Å²) in [7, 11) is 3.47. The first kappa shape index (κ1) is 11.1. The molecule has 1 N–H and O–H groups in total. The summed E-state index contributed by atoms with van der Waals surface area (Å²) in [6.07, 6.45) is -0.139. The molecular formula is C9H17N3O2. The zero-order valence-electron chi connectivity index (χ0n) is 9.29. The Morgan fingerprint density at radius 1 is 1.50 bits per heavy atom. The van der Waals surface area contributed by atoms with Crippen LogP contribution in [0.1, 0.15) is 38.6 Å². The molecule has 0 saturated carbocycles. The van der Waals surface area contributed by atoms with Gasteiger partial charge in [-0.3, -0.25) is 0 Å². The number of hydrogen-bond donors (Lipinski definition) is 1. The predicted octanol–water partition coefficient (Wildman–Crippen LogP) is 1.23. The minimum Gasteiger partial charge on any atom is -0.374 e. The number of nitrogens with zero attached hydrogens (tertiary/aromatic N) is 2. The Labute approximate surface area is 83.8 Å². The second kappa shape index (κ2) is 4.06. The maximum Gasteiger partial charge on any atom is 0.246 e. The van der Waals surface area contributed by atoms with Crippen molar-refractivity contribution in [2.45, 2.75) is 32.4 Å². The first-order chi connectivity index (χ1) is 6.51. The summed E-state index contributed by atoms with van der Waals surface area (Å²) in [4.78, 5) is 4.26. The monoisotopic (exact) mass is 199 g/mol. The molecule has 0 bridgehead atoms. The van der Waals surface area contributed by atoms with E-state index in [9.17, 15) is 0 Å². The van der Waals surface area contributed by atoms with Gasteiger partial charge in [0.15, 0.2) is 5.82 Å². The van der Waals surface area contributed by atoms with Crippen molar-refractivity contribution in [2.24, 2.45) is 0 Å². The van der Waals surface area contributed by atoms with Crippen LogP contribution in [0, 0.1) is 0 Å². The molecule has 0 radical (unpaired) electrons. The third-order valence-corrected chi connectivity index (χ3v) is 2.32. The maximum absolute atomic E-state index is 5.14. The summed E-state index contributed by atoms with van der Waals surface area (Å²) in [6, 6.07) is 0. The molecule has 0 aliphatic rings. The van der Waals surface area contributed by atoms with Crippen molar-refractivity contribution in [1.29, 1.82) is 0 Å². The second-order valence-electron chi connectivity index (χ2n) is 3.71. The molecule has 14 heavy (non-hydrogen) atoms.